The molecule has 2 rings (SSSR count). The van der Waals surface area contributed by atoms with Gasteiger partial charge in [-0.05, 0) is 58.6 Å². The number of rotatable bonds is 3. The van der Waals surface area contributed by atoms with Crippen molar-refractivity contribution < 1.29 is 4.79 Å². The number of halogens is 1. The molecule has 0 spiro atoms. The molecule has 0 radical (unpaired) electrons. The van der Waals surface area contributed by atoms with Gasteiger partial charge in [-0.3, -0.25) is 10.1 Å². The molecule has 2 N–H and O–H groups in total. The molecule has 0 atom stereocenters. The second-order valence-electron chi connectivity index (χ2n) is 4.13. The summed E-state index contributed by atoms with van der Waals surface area (Å²) in [4.78, 5) is 12.0. The third-order valence-electron chi connectivity index (χ3n) is 2.61. The van der Waals surface area contributed by atoms with Gasteiger partial charge in [0.1, 0.15) is 0 Å². The summed E-state index contributed by atoms with van der Waals surface area (Å²) in [6, 6.07) is 17.2. The number of nitrogens with one attached hydrogen (secondary N) is 2. The van der Waals surface area contributed by atoms with E-state index in [0.717, 1.165) is 9.13 Å². The molecule has 0 fully saturated rings. The molecule has 0 saturated heterocycles. The SMILES string of the molecule is O=C(NC(=S)NCc1ccccc1)c1cccc(I)c1. The van der Waals surface area contributed by atoms with E-state index in [1.165, 1.54) is 0 Å². The molecule has 0 saturated carbocycles. The quantitative estimate of drug-likeness (QED) is 0.619. The van der Waals surface area contributed by atoms with Crippen molar-refractivity contribution in [2.45, 2.75) is 6.54 Å². The van der Waals surface area contributed by atoms with Crippen LogP contribution in [0.15, 0.2) is 54.6 Å². The number of carbonyl (C=O) groups excluding carboxylic acids is 1. The van der Waals surface area contributed by atoms with E-state index < -0.39 is 0 Å². The molecule has 0 aliphatic rings. The van der Waals surface area contributed by atoms with Crippen LogP contribution in [0.4, 0.5) is 0 Å². The molecule has 0 unspecified atom stereocenters. The summed E-state index contributed by atoms with van der Waals surface area (Å²) < 4.78 is 1.01. The molecule has 2 aromatic rings. The van der Waals surface area contributed by atoms with Crippen LogP contribution in [0.25, 0.3) is 0 Å². The zero-order valence-corrected chi connectivity index (χ0v) is 13.6. The van der Waals surface area contributed by atoms with E-state index in [1.807, 2.05) is 48.5 Å². The Balaban J connectivity index is 1.87. The van der Waals surface area contributed by atoms with Gasteiger partial charge in [0.25, 0.3) is 5.91 Å². The van der Waals surface area contributed by atoms with Crippen LogP contribution in [-0.2, 0) is 6.54 Å². The second-order valence-corrected chi connectivity index (χ2v) is 5.79. The molecule has 5 heteroatoms. The van der Waals surface area contributed by atoms with E-state index >= 15 is 0 Å². The van der Waals surface area contributed by atoms with E-state index in [-0.39, 0.29) is 5.91 Å². The van der Waals surface area contributed by atoms with E-state index in [2.05, 4.69) is 33.2 Å². The Morgan fingerprint density at radius 2 is 1.85 bits per heavy atom. The third-order valence-corrected chi connectivity index (χ3v) is 3.53. The third kappa shape index (κ3) is 4.57. The summed E-state index contributed by atoms with van der Waals surface area (Å²) in [5.41, 5.74) is 1.71. The molecule has 0 heterocycles. The van der Waals surface area contributed by atoms with Crippen molar-refractivity contribution >= 4 is 45.8 Å². The molecule has 102 valence electrons. The van der Waals surface area contributed by atoms with Gasteiger partial charge in [0.05, 0.1) is 0 Å². The minimum atomic E-state index is -0.200. The molecule has 0 aromatic heterocycles. The fourth-order valence-electron chi connectivity index (χ4n) is 1.63. The Bertz CT molecular complexity index is 616. The van der Waals surface area contributed by atoms with Crippen molar-refractivity contribution in [3.8, 4) is 0 Å². The average molecular weight is 396 g/mol. The van der Waals surface area contributed by atoms with Crippen LogP contribution < -0.4 is 10.6 Å². The zero-order chi connectivity index (χ0) is 14.4. The fraction of sp³-hybridized carbons (Fsp3) is 0.0667. The largest absolute Gasteiger partial charge is 0.358 e. The number of amides is 1. The van der Waals surface area contributed by atoms with E-state index in [9.17, 15) is 4.79 Å². The van der Waals surface area contributed by atoms with Gasteiger partial charge in [0.15, 0.2) is 5.11 Å². The summed E-state index contributed by atoms with van der Waals surface area (Å²) in [6.07, 6.45) is 0. The van der Waals surface area contributed by atoms with Crippen LogP contribution in [0, 0.1) is 3.57 Å². The van der Waals surface area contributed by atoms with Gasteiger partial charge in [-0.25, -0.2) is 0 Å². The van der Waals surface area contributed by atoms with Crippen LogP contribution in [0.5, 0.6) is 0 Å². The highest BCUT2D eigenvalue weighted by Gasteiger charge is 2.07. The predicted molar refractivity (Wildman–Crippen MR) is 92.5 cm³/mol. The second kappa shape index (κ2) is 7.35. The van der Waals surface area contributed by atoms with Gasteiger partial charge < -0.3 is 5.32 Å². The minimum absolute atomic E-state index is 0.200. The highest BCUT2D eigenvalue weighted by atomic mass is 127. The molecule has 0 aliphatic carbocycles. The molecule has 0 bridgehead atoms. The highest BCUT2D eigenvalue weighted by Crippen LogP contribution is 2.07. The summed E-state index contributed by atoms with van der Waals surface area (Å²) in [6.45, 7) is 0.590. The Labute approximate surface area is 136 Å². The molecule has 20 heavy (non-hydrogen) atoms. The first-order valence-electron chi connectivity index (χ1n) is 6.04. The van der Waals surface area contributed by atoms with E-state index in [4.69, 9.17) is 12.2 Å². The van der Waals surface area contributed by atoms with Crippen molar-refractivity contribution in [1.82, 2.24) is 10.6 Å². The van der Waals surface area contributed by atoms with Crippen molar-refractivity contribution in [1.29, 1.82) is 0 Å². The van der Waals surface area contributed by atoms with E-state index in [1.54, 1.807) is 6.07 Å². The molecule has 1 amide bonds. The summed E-state index contributed by atoms with van der Waals surface area (Å²) in [7, 11) is 0. The summed E-state index contributed by atoms with van der Waals surface area (Å²) in [5.74, 6) is -0.200. The van der Waals surface area contributed by atoms with Gasteiger partial charge in [-0.1, -0.05) is 36.4 Å². The van der Waals surface area contributed by atoms with Crippen LogP contribution in [0.3, 0.4) is 0 Å². The lowest BCUT2D eigenvalue weighted by Gasteiger charge is -2.09. The van der Waals surface area contributed by atoms with Crippen LogP contribution in [0.2, 0.25) is 0 Å². The lowest BCUT2D eigenvalue weighted by molar-refractivity contribution is 0.0976. The maximum atomic E-state index is 12.0. The van der Waals surface area contributed by atoms with Gasteiger partial charge >= 0.3 is 0 Å². The molecule has 3 nitrogen and oxygen atoms in total. The first kappa shape index (κ1) is 14.9. The predicted octanol–water partition coefficient (Wildman–Crippen LogP) is 3.10. The molecular formula is C15H13IN2OS. The Morgan fingerprint density at radius 1 is 1.10 bits per heavy atom. The number of benzene rings is 2. The number of hydrogen-bond acceptors (Lipinski definition) is 2. The first-order chi connectivity index (χ1) is 9.65. The maximum Gasteiger partial charge on any atom is 0.257 e. The standard InChI is InChI=1S/C15H13IN2OS/c16-13-8-4-7-12(9-13)14(19)18-15(20)17-10-11-5-2-1-3-6-11/h1-9H,10H2,(H2,17,18,19,20). The Morgan fingerprint density at radius 3 is 2.55 bits per heavy atom. The zero-order valence-electron chi connectivity index (χ0n) is 10.6. The first-order valence-corrected chi connectivity index (χ1v) is 7.52. The van der Waals surface area contributed by atoms with Crippen molar-refractivity contribution in [2.24, 2.45) is 0 Å². The lowest BCUT2D eigenvalue weighted by atomic mass is 10.2. The molecule has 0 aliphatic heterocycles. The van der Waals surface area contributed by atoms with Gasteiger partial charge in [0.2, 0.25) is 0 Å². The van der Waals surface area contributed by atoms with Gasteiger partial charge in [-0.2, -0.15) is 0 Å². The number of hydrogen-bond donors (Lipinski definition) is 2. The van der Waals surface area contributed by atoms with Gasteiger partial charge in [0, 0.05) is 15.7 Å². The lowest BCUT2D eigenvalue weighted by Crippen LogP contribution is -2.38. The Kier molecular flexibility index (Phi) is 5.49. The summed E-state index contributed by atoms with van der Waals surface area (Å²) in [5, 5.41) is 6.01. The van der Waals surface area contributed by atoms with Crippen LogP contribution >= 0.6 is 34.8 Å². The normalized spacial score (nSPS) is 9.85. The van der Waals surface area contributed by atoms with Crippen LogP contribution in [0.1, 0.15) is 15.9 Å². The van der Waals surface area contributed by atoms with Gasteiger partial charge in [-0.15, -0.1) is 0 Å². The average Bonchev–Trinajstić information content (AvgIpc) is 2.46. The van der Waals surface area contributed by atoms with Crippen LogP contribution in [-0.4, -0.2) is 11.0 Å². The van der Waals surface area contributed by atoms with E-state index in [0.29, 0.717) is 17.2 Å². The maximum absolute atomic E-state index is 12.0. The molecular weight excluding hydrogens is 383 g/mol. The summed E-state index contributed by atoms with van der Waals surface area (Å²) >= 11 is 7.29. The Hall–Kier alpha value is -1.47. The number of carbonyl (C=O) groups is 1. The highest BCUT2D eigenvalue weighted by molar-refractivity contribution is 14.1. The smallest absolute Gasteiger partial charge is 0.257 e. The van der Waals surface area contributed by atoms with Crippen molar-refractivity contribution in [2.75, 3.05) is 0 Å². The topological polar surface area (TPSA) is 41.1 Å². The monoisotopic (exact) mass is 396 g/mol. The number of thiocarbonyl (C=S) groups is 1. The minimum Gasteiger partial charge on any atom is -0.358 e. The van der Waals surface area contributed by atoms with Crippen molar-refractivity contribution in [3.05, 3.63) is 69.3 Å². The molecule has 2 aromatic carbocycles. The fourth-order valence-corrected chi connectivity index (χ4v) is 2.34. The van der Waals surface area contributed by atoms with Crippen molar-refractivity contribution in [3.63, 3.8) is 0 Å².